The summed E-state index contributed by atoms with van der Waals surface area (Å²) in [5, 5.41) is 5.54. The van der Waals surface area contributed by atoms with E-state index in [0.29, 0.717) is 16.3 Å². The Bertz CT molecular complexity index is 767. The molecule has 0 radical (unpaired) electrons. The SMILES string of the molecule is Cc1ccc(F)cc1NC(=O)C[C@H](NC(N)=O)c1ccccc1Cl. The van der Waals surface area contributed by atoms with Crippen LogP contribution in [-0.2, 0) is 4.79 Å². The second-order valence-corrected chi connectivity index (χ2v) is 5.70. The average molecular weight is 350 g/mol. The molecular formula is C17H17ClFN3O2. The maximum Gasteiger partial charge on any atom is 0.312 e. The maximum absolute atomic E-state index is 13.3. The van der Waals surface area contributed by atoms with E-state index in [0.717, 1.165) is 5.56 Å². The van der Waals surface area contributed by atoms with Gasteiger partial charge in [-0.15, -0.1) is 0 Å². The predicted octanol–water partition coefficient (Wildman–Crippen LogP) is 3.53. The molecule has 0 saturated heterocycles. The number of halogens is 2. The van der Waals surface area contributed by atoms with E-state index in [1.165, 1.54) is 12.1 Å². The molecule has 0 bridgehead atoms. The van der Waals surface area contributed by atoms with Crippen molar-refractivity contribution in [2.45, 2.75) is 19.4 Å². The van der Waals surface area contributed by atoms with Crippen LogP contribution in [0.3, 0.4) is 0 Å². The van der Waals surface area contributed by atoms with Gasteiger partial charge in [0.1, 0.15) is 5.82 Å². The number of anilines is 1. The zero-order valence-electron chi connectivity index (χ0n) is 13.0. The monoisotopic (exact) mass is 349 g/mol. The third-order valence-electron chi connectivity index (χ3n) is 3.46. The van der Waals surface area contributed by atoms with Crippen molar-refractivity contribution >= 4 is 29.2 Å². The summed E-state index contributed by atoms with van der Waals surface area (Å²) in [6.45, 7) is 1.75. The van der Waals surface area contributed by atoms with Crippen molar-refractivity contribution in [2.75, 3.05) is 5.32 Å². The van der Waals surface area contributed by atoms with E-state index in [1.54, 1.807) is 37.3 Å². The van der Waals surface area contributed by atoms with Gasteiger partial charge in [-0.25, -0.2) is 9.18 Å². The van der Waals surface area contributed by atoms with Crippen LogP contribution >= 0.6 is 11.6 Å². The summed E-state index contributed by atoms with van der Waals surface area (Å²) < 4.78 is 13.3. The Balaban J connectivity index is 2.17. The molecule has 2 rings (SSSR count). The third-order valence-corrected chi connectivity index (χ3v) is 3.80. The molecule has 0 aliphatic rings. The van der Waals surface area contributed by atoms with E-state index < -0.39 is 23.8 Å². The van der Waals surface area contributed by atoms with Crippen molar-refractivity contribution in [3.05, 3.63) is 64.4 Å². The van der Waals surface area contributed by atoms with Gasteiger partial charge in [-0.1, -0.05) is 35.9 Å². The van der Waals surface area contributed by atoms with E-state index in [1.807, 2.05) is 0 Å². The Morgan fingerprint density at radius 1 is 1.25 bits per heavy atom. The van der Waals surface area contributed by atoms with Gasteiger partial charge in [0.25, 0.3) is 0 Å². The minimum atomic E-state index is -0.769. The van der Waals surface area contributed by atoms with Crippen molar-refractivity contribution in [3.63, 3.8) is 0 Å². The van der Waals surface area contributed by atoms with Gasteiger partial charge in [-0.3, -0.25) is 4.79 Å². The number of hydrogen-bond acceptors (Lipinski definition) is 2. The normalized spacial score (nSPS) is 11.6. The molecule has 0 aromatic heterocycles. The first-order valence-corrected chi connectivity index (χ1v) is 7.61. The van der Waals surface area contributed by atoms with Gasteiger partial charge in [-0.2, -0.15) is 0 Å². The predicted molar refractivity (Wildman–Crippen MR) is 91.3 cm³/mol. The Morgan fingerprint density at radius 2 is 1.96 bits per heavy atom. The van der Waals surface area contributed by atoms with Crippen LogP contribution in [0, 0.1) is 12.7 Å². The Hall–Kier alpha value is -2.60. The van der Waals surface area contributed by atoms with E-state index >= 15 is 0 Å². The van der Waals surface area contributed by atoms with Crippen molar-refractivity contribution < 1.29 is 14.0 Å². The lowest BCUT2D eigenvalue weighted by molar-refractivity contribution is -0.116. The lowest BCUT2D eigenvalue weighted by atomic mass is 10.0. The molecule has 1 atom stereocenters. The van der Waals surface area contributed by atoms with Gasteiger partial charge in [0.05, 0.1) is 12.5 Å². The van der Waals surface area contributed by atoms with Gasteiger partial charge >= 0.3 is 6.03 Å². The molecule has 24 heavy (non-hydrogen) atoms. The number of rotatable bonds is 5. The van der Waals surface area contributed by atoms with Crippen molar-refractivity contribution in [3.8, 4) is 0 Å². The zero-order valence-corrected chi connectivity index (χ0v) is 13.7. The highest BCUT2D eigenvalue weighted by Gasteiger charge is 2.20. The molecule has 2 aromatic rings. The number of urea groups is 1. The smallest absolute Gasteiger partial charge is 0.312 e. The molecule has 0 aliphatic carbocycles. The van der Waals surface area contributed by atoms with E-state index in [9.17, 15) is 14.0 Å². The molecular weight excluding hydrogens is 333 g/mol. The first-order valence-electron chi connectivity index (χ1n) is 7.23. The molecule has 4 N–H and O–H groups in total. The number of carbonyl (C=O) groups is 2. The van der Waals surface area contributed by atoms with Crippen molar-refractivity contribution in [2.24, 2.45) is 5.73 Å². The summed E-state index contributed by atoms with van der Waals surface area (Å²) in [4.78, 5) is 23.5. The second-order valence-electron chi connectivity index (χ2n) is 5.29. The highest BCUT2D eigenvalue weighted by Crippen LogP contribution is 2.26. The lowest BCUT2D eigenvalue weighted by Gasteiger charge is -2.19. The van der Waals surface area contributed by atoms with E-state index in [4.69, 9.17) is 17.3 Å². The van der Waals surface area contributed by atoms with Crippen molar-refractivity contribution in [1.29, 1.82) is 0 Å². The largest absolute Gasteiger partial charge is 0.352 e. The van der Waals surface area contributed by atoms with Crippen LogP contribution in [0.25, 0.3) is 0 Å². The first kappa shape index (κ1) is 17.7. The van der Waals surface area contributed by atoms with Crippen LogP contribution in [0.4, 0.5) is 14.9 Å². The van der Waals surface area contributed by atoms with E-state index in [2.05, 4.69) is 10.6 Å². The first-order chi connectivity index (χ1) is 11.4. The molecule has 0 saturated carbocycles. The van der Waals surface area contributed by atoms with Crippen LogP contribution in [0.2, 0.25) is 5.02 Å². The number of hydrogen-bond donors (Lipinski definition) is 3. The second kappa shape index (κ2) is 7.79. The number of aryl methyl sites for hydroxylation is 1. The van der Waals surface area contributed by atoms with Crippen LogP contribution in [0.15, 0.2) is 42.5 Å². The van der Waals surface area contributed by atoms with Crippen LogP contribution in [0.1, 0.15) is 23.6 Å². The fraction of sp³-hybridized carbons (Fsp3) is 0.176. The number of amides is 3. The molecule has 5 nitrogen and oxygen atoms in total. The fourth-order valence-corrected chi connectivity index (χ4v) is 2.55. The molecule has 126 valence electrons. The minimum absolute atomic E-state index is 0.0946. The zero-order chi connectivity index (χ0) is 17.7. The lowest BCUT2D eigenvalue weighted by Crippen LogP contribution is -2.35. The average Bonchev–Trinajstić information content (AvgIpc) is 2.50. The summed E-state index contributed by atoms with van der Waals surface area (Å²) in [6.07, 6.45) is -0.0946. The number of carbonyl (C=O) groups excluding carboxylic acids is 2. The number of primary amides is 1. The molecule has 0 heterocycles. The molecule has 0 fully saturated rings. The Labute approximate surface area is 144 Å². The topological polar surface area (TPSA) is 84.2 Å². The summed E-state index contributed by atoms with van der Waals surface area (Å²) in [7, 11) is 0. The standard InChI is InChI=1S/C17H17ClFN3O2/c1-10-6-7-11(19)8-14(10)21-16(23)9-15(22-17(20)24)12-4-2-3-5-13(12)18/h2-8,15H,9H2,1H3,(H,21,23)(H3,20,22,24)/t15-/m0/s1. The van der Waals surface area contributed by atoms with Gasteiger partial charge < -0.3 is 16.4 Å². The molecule has 0 aliphatic heterocycles. The van der Waals surface area contributed by atoms with Gasteiger partial charge in [0.15, 0.2) is 0 Å². The van der Waals surface area contributed by atoms with Crippen LogP contribution in [-0.4, -0.2) is 11.9 Å². The summed E-state index contributed by atoms with van der Waals surface area (Å²) in [5.74, 6) is -0.851. The van der Waals surface area contributed by atoms with Gasteiger partial charge in [0, 0.05) is 10.7 Å². The van der Waals surface area contributed by atoms with Gasteiger partial charge in [-0.05, 0) is 36.2 Å². The van der Waals surface area contributed by atoms with E-state index in [-0.39, 0.29) is 6.42 Å². The Kier molecular flexibility index (Phi) is 5.76. The number of nitrogens with one attached hydrogen (secondary N) is 2. The third kappa shape index (κ3) is 4.70. The Morgan fingerprint density at radius 3 is 2.62 bits per heavy atom. The quantitative estimate of drug-likeness (QED) is 0.771. The summed E-state index contributed by atoms with van der Waals surface area (Å²) in [5.41, 5.74) is 6.85. The molecule has 7 heteroatoms. The van der Waals surface area contributed by atoms with Gasteiger partial charge in [0.2, 0.25) is 5.91 Å². The highest BCUT2D eigenvalue weighted by atomic mass is 35.5. The summed E-state index contributed by atoms with van der Waals surface area (Å²) >= 11 is 6.12. The molecule has 2 aromatic carbocycles. The maximum atomic E-state index is 13.3. The molecule has 0 spiro atoms. The minimum Gasteiger partial charge on any atom is -0.352 e. The van der Waals surface area contributed by atoms with Crippen molar-refractivity contribution in [1.82, 2.24) is 5.32 Å². The number of benzene rings is 2. The molecule has 3 amide bonds. The van der Waals surface area contributed by atoms with Crippen LogP contribution in [0.5, 0.6) is 0 Å². The molecule has 0 unspecified atom stereocenters. The summed E-state index contributed by atoms with van der Waals surface area (Å²) in [6, 6.07) is 9.49. The fourth-order valence-electron chi connectivity index (χ4n) is 2.28. The highest BCUT2D eigenvalue weighted by molar-refractivity contribution is 6.31. The number of nitrogens with two attached hydrogens (primary N) is 1. The van der Waals surface area contributed by atoms with Crippen LogP contribution < -0.4 is 16.4 Å².